The second-order valence-electron chi connectivity index (χ2n) is 5.93. The van der Waals surface area contributed by atoms with Crippen LogP contribution in [0.1, 0.15) is 4.88 Å². The van der Waals surface area contributed by atoms with E-state index in [2.05, 4.69) is 15.9 Å². The van der Waals surface area contributed by atoms with Crippen LogP contribution in [0.4, 0.5) is 0 Å². The van der Waals surface area contributed by atoms with Gasteiger partial charge in [-0.3, -0.25) is 9.36 Å². The van der Waals surface area contributed by atoms with E-state index in [0.717, 1.165) is 4.88 Å². The molecule has 3 heterocycles. The average Bonchev–Trinajstić information content (AvgIpc) is 3.36. The van der Waals surface area contributed by atoms with Crippen LogP contribution in [0, 0.1) is 12.3 Å². The first-order valence-electron chi connectivity index (χ1n) is 8.26. The predicted molar refractivity (Wildman–Crippen MR) is 121 cm³/mol. The van der Waals surface area contributed by atoms with Crippen molar-refractivity contribution in [2.24, 2.45) is 0 Å². The second kappa shape index (κ2) is 8.46. The van der Waals surface area contributed by atoms with Gasteiger partial charge < -0.3 is 9.84 Å². The Morgan fingerprint density at radius 2 is 1.97 bits per heavy atom. The van der Waals surface area contributed by atoms with Crippen molar-refractivity contribution in [1.82, 2.24) is 14.5 Å². The number of hydrogen-bond acceptors (Lipinski definition) is 7. The highest BCUT2D eigenvalue weighted by Crippen LogP contribution is 2.45. The number of hydrogen-bond donors (Lipinski definition) is 1. The van der Waals surface area contributed by atoms with E-state index in [0.29, 0.717) is 14.8 Å². The van der Waals surface area contributed by atoms with E-state index in [-0.39, 0.29) is 45.8 Å². The van der Waals surface area contributed by atoms with Crippen LogP contribution >= 0.6 is 57.5 Å². The van der Waals surface area contributed by atoms with E-state index in [1.807, 2.05) is 0 Å². The molecule has 6 nitrogen and oxygen atoms in total. The Kier molecular flexibility index (Phi) is 5.91. The van der Waals surface area contributed by atoms with Gasteiger partial charge in [-0.05, 0) is 12.1 Å². The van der Waals surface area contributed by atoms with Crippen LogP contribution in [0.25, 0.3) is 21.5 Å². The minimum atomic E-state index is -0.557. The predicted octanol–water partition coefficient (Wildman–Crippen LogP) is 5.46. The summed E-state index contributed by atoms with van der Waals surface area (Å²) in [7, 11) is 0. The summed E-state index contributed by atoms with van der Waals surface area (Å²) in [6.45, 7) is 0.0691. The molecule has 0 amide bonds. The highest BCUT2D eigenvalue weighted by Gasteiger charge is 2.26. The summed E-state index contributed by atoms with van der Waals surface area (Å²) in [5.41, 5.74) is 1.36. The molecule has 1 aromatic carbocycles. The number of thiazole rings is 2. The van der Waals surface area contributed by atoms with E-state index < -0.39 is 5.56 Å². The fourth-order valence-electron chi connectivity index (χ4n) is 2.90. The van der Waals surface area contributed by atoms with Gasteiger partial charge in [0.05, 0.1) is 38.1 Å². The molecule has 0 saturated carbocycles. The number of aromatic nitrogens is 3. The van der Waals surface area contributed by atoms with Gasteiger partial charge in [-0.1, -0.05) is 40.7 Å². The molecule has 4 aromatic rings. The van der Waals surface area contributed by atoms with Gasteiger partial charge in [0.25, 0.3) is 5.56 Å². The number of benzene rings is 1. The third kappa shape index (κ3) is 3.64. The first kappa shape index (κ1) is 21.0. The normalized spacial score (nSPS) is 11.0. The van der Waals surface area contributed by atoms with Crippen LogP contribution in [0.15, 0.2) is 28.6 Å². The largest absolute Gasteiger partial charge is 0.505 e. The zero-order chi connectivity index (χ0) is 21.4. The summed E-state index contributed by atoms with van der Waals surface area (Å²) < 4.78 is 7.96. The summed E-state index contributed by atoms with van der Waals surface area (Å²) in [5, 5.41) is 11.3. The fraction of sp³-hybridized carbons (Fsp3) is 0.105. The van der Waals surface area contributed by atoms with E-state index >= 15 is 0 Å². The van der Waals surface area contributed by atoms with Crippen LogP contribution in [0.3, 0.4) is 0 Å². The van der Waals surface area contributed by atoms with Crippen LogP contribution in [-0.4, -0.2) is 19.6 Å². The molecule has 0 atom stereocenters. The maximum absolute atomic E-state index is 13.3. The van der Waals surface area contributed by atoms with Crippen molar-refractivity contribution < 1.29 is 9.84 Å². The van der Waals surface area contributed by atoms with Gasteiger partial charge in [0.2, 0.25) is 0 Å². The fourth-order valence-corrected chi connectivity index (χ4v) is 4.99. The molecule has 152 valence electrons. The Labute approximate surface area is 193 Å². The lowest BCUT2D eigenvalue weighted by atomic mass is 10.0. The molecule has 0 bridgehead atoms. The topological polar surface area (TPSA) is 77.2 Å². The van der Waals surface area contributed by atoms with Crippen molar-refractivity contribution in [3.8, 4) is 35.0 Å². The van der Waals surface area contributed by atoms with E-state index in [4.69, 9.17) is 46.0 Å². The molecule has 0 aliphatic rings. The summed E-state index contributed by atoms with van der Waals surface area (Å²) in [4.78, 5) is 22.1. The van der Waals surface area contributed by atoms with Gasteiger partial charge in [-0.15, -0.1) is 29.1 Å². The summed E-state index contributed by atoms with van der Waals surface area (Å²) in [6.07, 6.45) is 7.01. The molecule has 0 unspecified atom stereocenters. The number of aromatic hydroxyl groups is 1. The average molecular weight is 499 g/mol. The highest BCUT2D eigenvalue weighted by atomic mass is 35.5. The summed E-state index contributed by atoms with van der Waals surface area (Å²) in [6, 6.07) is 3.07. The zero-order valence-electron chi connectivity index (χ0n) is 14.9. The van der Waals surface area contributed by atoms with Crippen LogP contribution in [-0.2, 0) is 13.2 Å². The molecule has 0 spiro atoms. The quantitative estimate of drug-likeness (QED) is 0.370. The Morgan fingerprint density at radius 3 is 2.67 bits per heavy atom. The lowest BCUT2D eigenvalue weighted by Gasteiger charge is -2.16. The number of pyridine rings is 1. The van der Waals surface area contributed by atoms with E-state index in [1.165, 1.54) is 38.8 Å². The van der Waals surface area contributed by atoms with Gasteiger partial charge in [0.1, 0.15) is 22.8 Å². The second-order valence-corrected chi connectivity index (χ2v) is 9.29. The maximum atomic E-state index is 13.3. The van der Waals surface area contributed by atoms with Gasteiger partial charge in [-0.25, -0.2) is 9.97 Å². The molecule has 11 heteroatoms. The third-order valence-corrected chi connectivity index (χ3v) is 6.68. The first-order valence-corrected chi connectivity index (χ1v) is 11.1. The molecule has 0 radical (unpaired) electrons. The number of halogens is 3. The van der Waals surface area contributed by atoms with Crippen molar-refractivity contribution >= 4 is 67.8 Å². The lowest BCUT2D eigenvalue weighted by molar-refractivity contribution is 0.311. The highest BCUT2D eigenvalue weighted by molar-refractivity contribution is 7.17. The van der Waals surface area contributed by atoms with Crippen LogP contribution < -0.4 is 10.3 Å². The Morgan fingerprint density at radius 1 is 1.20 bits per heavy atom. The molecular weight excluding hydrogens is 489 g/mol. The number of nitrogens with zero attached hydrogens (tertiary/aromatic N) is 3. The molecule has 0 fully saturated rings. The number of fused-ring (bicyclic) bond motifs is 1. The van der Waals surface area contributed by atoms with Gasteiger partial charge >= 0.3 is 0 Å². The zero-order valence-corrected chi connectivity index (χ0v) is 18.8. The standard InChI is InChI=1S/C19H10Cl3N3O3S2/c1-2-5-25-17-16(29-8-24-17)14(26)13(18(25)27)12-10(20)3-4-11(21)15(12)28-7-9-6-23-19(22)30-9/h1,3-4,6,8,26H,5,7H2. The van der Waals surface area contributed by atoms with Crippen LogP contribution in [0.2, 0.25) is 14.5 Å². The lowest BCUT2D eigenvalue weighted by Crippen LogP contribution is -2.22. The van der Waals surface area contributed by atoms with Crippen molar-refractivity contribution in [2.75, 3.05) is 0 Å². The first-order chi connectivity index (χ1) is 14.4. The Balaban J connectivity index is 1.94. The molecule has 30 heavy (non-hydrogen) atoms. The van der Waals surface area contributed by atoms with Gasteiger partial charge in [0.15, 0.2) is 10.1 Å². The van der Waals surface area contributed by atoms with Gasteiger partial charge in [-0.2, -0.15) is 0 Å². The monoisotopic (exact) mass is 497 g/mol. The molecule has 0 saturated heterocycles. The minimum absolute atomic E-state index is 0.0277. The van der Waals surface area contributed by atoms with Crippen molar-refractivity contribution in [1.29, 1.82) is 0 Å². The molecule has 4 rings (SSSR count). The number of ether oxygens (including phenoxy) is 1. The SMILES string of the molecule is C#CCn1c(=O)c(-c2c(Cl)ccc(Cl)c2OCc2cnc(Cl)s2)c(O)c2scnc21. The molecule has 0 aliphatic heterocycles. The number of rotatable bonds is 5. The number of terminal acetylenes is 1. The molecule has 1 N–H and O–H groups in total. The Hall–Kier alpha value is -2.28. The minimum Gasteiger partial charge on any atom is -0.505 e. The van der Waals surface area contributed by atoms with Crippen molar-refractivity contribution in [2.45, 2.75) is 13.2 Å². The molecular formula is C19H10Cl3N3O3S2. The van der Waals surface area contributed by atoms with Crippen LogP contribution in [0.5, 0.6) is 11.5 Å². The third-order valence-electron chi connectivity index (χ3n) is 4.16. The summed E-state index contributed by atoms with van der Waals surface area (Å²) >= 11 is 21.1. The molecule has 3 aromatic heterocycles. The summed E-state index contributed by atoms with van der Waals surface area (Å²) in [5.74, 6) is 2.32. The van der Waals surface area contributed by atoms with Gasteiger partial charge in [0, 0.05) is 6.20 Å². The van der Waals surface area contributed by atoms with E-state index in [9.17, 15) is 9.90 Å². The maximum Gasteiger partial charge on any atom is 0.264 e. The van der Waals surface area contributed by atoms with E-state index in [1.54, 1.807) is 12.3 Å². The Bertz CT molecular complexity index is 1370. The smallest absolute Gasteiger partial charge is 0.264 e. The van der Waals surface area contributed by atoms with Crippen molar-refractivity contribution in [3.05, 3.63) is 53.6 Å². The van der Waals surface area contributed by atoms with Crippen molar-refractivity contribution in [3.63, 3.8) is 0 Å². The molecule has 0 aliphatic carbocycles.